The summed E-state index contributed by atoms with van der Waals surface area (Å²) in [6.45, 7) is 1.60. The third-order valence-corrected chi connectivity index (χ3v) is 4.51. The quantitative estimate of drug-likeness (QED) is 0.929. The molecule has 2 aromatic rings. The average Bonchev–Trinajstić information content (AvgIpc) is 3.09. The number of ether oxygens (including phenoxy) is 1. The van der Waals surface area contributed by atoms with Gasteiger partial charge in [0.05, 0.1) is 12.2 Å². The zero-order valence-electron chi connectivity index (χ0n) is 10.6. The van der Waals surface area contributed by atoms with E-state index in [1.54, 1.807) is 11.3 Å². The summed E-state index contributed by atoms with van der Waals surface area (Å²) in [5.74, 6) is 0. The molecule has 2 atom stereocenters. The first-order valence-corrected chi connectivity index (χ1v) is 7.47. The number of benzene rings is 1. The number of thiophene rings is 1. The highest BCUT2D eigenvalue weighted by Crippen LogP contribution is 2.30. The molecule has 0 radical (unpaired) electrons. The lowest BCUT2D eigenvalue weighted by Gasteiger charge is -2.14. The maximum absolute atomic E-state index is 9.38. The van der Waals surface area contributed by atoms with Gasteiger partial charge in [-0.3, -0.25) is 5.32 Å². The van der Waals surface area contributed by atoms with E-state index in [2.05, 4.69) is 28.9 Å². The van der Waals surface area contributed by atoms with E-state index in [9.17, 15) is 5.26 Å². The van der Waals surface area contributed by atoms with Gasteiger partial charge in [-0.05, 0) is 29.7 Å². The summed E-state index contributed by atoms with van der Waals surface area (Å²) >= 11 is 1.69. The molecule has 1 aromatic heterocycles. The van der Waals surface area contributed by atoms with Crippen LogP contribution in [0.25, 0.3) is 10.1 Å². The molecule has 0 amide bonds. The van der Waals surface area contributed by atoms with Gasteiger partial charge in [-0.15, -0.1) is 11.3 Å². The second-order valence-electron chi connectivity index (χ2n) is 4.79. The molecule has 1 saturated heterocycles. The molecule has 4 heteroatoms. The Labute approximate surface area is 116 Å². The number of nitrogens with one attached hydrogen (secondary N) is 1. The van der Waals surface area contributed by atoms with Crippen LogP contribution < -0.4 is 5.32 Å². The zero-order chi connectivity index (χ0) is 13.1. The van der Waals surface area contributed by atoms with Crippen molar-refractivity contribution in [2.75, 3.05) is 13.2 Å². The molecule has 1 N–H and O–H groups in total. The summed E-state index contributed by atoms with van der Waals surface area (Å²) in [5.41, 5.74) is 1.08. The van der Waals surface area contributed by atoms with Crippen LogP contribution in [0.2, 0.25) is 0 Å². The summed E-state index contributed by atoms with van der Waals surface area (Å²) in [6, 6.07) is 10.3. The molecule has 3 rings (SSSR count). The molecule has 0 aliphatic carbocycles. The SMILES string of the molecule is N#CC(NCC1CCCO1)c1csc2ccccc12. The normalized spacial score (nSPS) is 20.5. The molecule has 2 unspecified atom stereocenters. The monoisotopic (exact) mass is 272 g/mol. The third kappa shape index (κ3) is 2.64. The van der Waals surface area contributed by atoms with E-state index in [0.29, 0.717) is 0 Å². The van der Waals surface area contributed by atoms with E-state index in [4.69, 9.17) is 4.74 Å². The minimum atomic E-state index is -0.250. The number of hydrogen-bond donors (Lipinski definition) is 1. The van der Waals surface area contributed by atoms with Crippen molar-refractivity contribution in [2.24, 2.45) is 0 Å². The molecule has 0 saturated carbocycles. The Morgan fingerprint density at radius 2 is 2.37 bits per heavy atom. The van der Waals surface area contributed by atoms with Gasteiger partial charge in [-0.25, -0.2) is 0 Å². The lowest BCUT2D eigenvalue weighted by Crippen LogP contribution is -2.29. The fourth-order valence-electron chi connectivity index (χ4n) is 2.50. The van der Waals surface area contributed by atoms with Gasteiger partial charge >= 0.3 is 0 Å². The summed E-state index contributed by atoms with van der Waals surface area (Å²) in [6.07, 6.45) is 2.49. The van der Waals surface area contributed by atoms with Crippen molar-refractivity contribution < 1.29 is 4.74 Å². The molecule has 3 nitrogen and oxygen atoms in total. The van der Waals surface area contributed by atoms with E-state index in [0.717, 1.165) is 31.6 Å². The number of nitriles is 1. The van der Waals surface area contributed by atoms with Gasteiger partial charge in [-0.1, -0.05) is 18.2 Å². The minimum Gasteiger partial charge on any atom is -0.377 e. The summed E-state index contributed by atoms with van der Waals surface area (Å²) < 4.78 is 6.82. The van der Waals surface area contributed by atoms with Gasteiger partial charge in [0.2, 0.25) is 0 Å². The van der Waals surface area contributed by atoms with Crippen LogP contribution in [-0.2, 0) is 4.74 Å². The molecular weight excluding hydrogens is 256 g/mol. The highest BCUT2D eigenvalue weighted by molar-refractivity contribution is 7.17. The standard InChI is InChI=1S/C15H16N2OS/c16-8-14(17-9-11-4-3-7-18-11)13-10-19-15-6-2-1-5-12(13)15/h1-2,5-6,10-11,14,17H,3-4,7,9H2. The van der Waals surface area contributed by atoms with Crippen LogP contribution in [0, 0.1) is 11.3 Å². The topological polar surface area (TPSA) is 45.0 Å². The van der Waals surface area contributed by atoms with Gasteiger partial charge in [0.1, 0.15) is 6.04 Å². The highest BCUT2D eigenvalue weighted by Gasteiger charge is 2.19. The van der Waals surface area contributed by atoms with E-state index in [-0.39, 0.29) is 12.1 Å². The van der Waals surface area contributed by atoms with Crippen LogP contribution in [-0.4, -0.2) is 19.3 Å². The van der Waals surface area contributed by atoms with Crippen LogP contribution >= 0.6 is 11.3 Å². The van der Waals surface area contributed by atoms with Crippen molar-refractivity contribution in [2.45, 2.75) is 25.0 Å². The molecule has 0 bridgehead atoms. The number of hydrogen-bond acceptors (Lipinski definition) is 4. The van der Waals surface area contributed by atoms with Gasteiger partial charge < -0.3 is 4.74 Å². The Morgan fingerprint density at radius 3 is 3.16 bits per heavy atom. The number of rotatable bonds is 4. The van der Waals surface area contributed by atoms with Crippen LogP contribution in [0.5, 0.6) is 0 Å². The minimum absolute atomic E-state index is 0.250. The average molecular weight is 272 g/mol. The first-order chi connectivity index (χ1) is 9.38. The largest absolute Gasteiger partial charge is 0.377 e. The van der Waals surface area contributed by atoms with Gasteiger partial charge in [-0.2, -0.15) is 5.26 Å². The van der Waals surface area contributed by atoms with E-state index >= 15 is 0 Å². The Hall–Kier alpha value is -1.41. The Morgan fingerprint density at radius 1 is 1.47 bits per heavy atom. The molecule has 19 heavy (non-hydrogen) atoms. The van der Waals surface area contributed by atoms with Crippen LogP contribution in [0.15, 0.2) is 29.6 Å². The van der Waals surface area contributed by atoms with Crippen LogP contribution in [0.4, 0.5) is 0 Å². The van der Waals surface area contributed by atoms with Crippen molar-refractivity contribution >= 4 is 21.4 Å². The van der Waals surface area contributed by atoms with Crippen molar-refractivity contribution in [1.29, 1.82) is 5.26 Å². The predicted molar refractivity (Wildman–Crippen MR) is 77.2 cm³/mol. The van der Waals surface area contributed by atoms with Crippen molar-refractivity contribution in [3.8, 4) is 6.07 Å². The Bertz CT molecular complexity index is 595. The molecule has 1 fully saturated rings. The summed E-state index contributed by atoms with van der Waals surface area (Å²) in [7, 11) is 0. The first kappa shape index (κ1) is 12.6. The Kier molecular flexibility index (Phi) is 3.79. The third-order valence-electron chi connectivity index (χ3n) is 3.52. The van der Waals surface area contributed by atoms with Gasteiger partial charge in [0.25, 0.3) is 0 Å². The van der Waals surface area contributed by atoms with Crippen molar-refractivity contribution in [3.63, 3.8) is 0 Å². The van der Waals surface area contributed by atoms with Crippen LogP contribution in [0.1, 0.15) is 24.4 Å². The second kappa shape index (κ2) is 5.70. The molecule has 98 valence electrons. The fourth-order valence-corrected chi connectivity index (χ4v) is 3.49. The highest BCUT2D eigenvalue weighted by atomic mass is 32.1. The van der Waals surface area contributed by atoms with Crippen molar-refractivity contribution in [3.05, 3.63) is 35.2 Å². The smallest absolute Gasteiger partial charge is 0.122 e. The van der Waals surface area contributed by atoms with Gasteiger partial charge in [0.15, 0.2) is 0 Å². The molecule has 2 heterocycles. The molecule has 1 aromatic carbocycles. The zero-order valence-corrected chi connectivity index (χ0v) is 11.5. The predicted octanol–water partition coefficient (Wildman–Crippen LogP) is 3.23. The first-order valence-electron chi connectivity index (χ1n) is 6.59. The molecule has 1 aliphatic rings. The van der Waals surface area contributed by atoms with Crippen LogP contribution in [0.3, 0.4) is 0 Å². The molecular formula is C15H16N2OS. The second-order valence-corrected chi connectivity index (χ2v) is 5.70. The maximum atomic E-state index is 9.38. The number of fused-ring (bicyclic) bond motifs is 1. The van der Waals surface area contributed by atoms with E-state index in [1.165, 1.54) is 10.1 Å². The van der Waals surface area contributed by atoms with E-state index < -0.39 is 0 Å². The van der Waals surface area contributed by atoms with Gasteiger partial charge in [0, 0.05) is 23.4 Å². The number of nitrogens with zero attached hydrogens (tertiary/aromatic N) is 1. The molecule has 0 spiro atoms. The summed E-state index contributed by atoms with van der Waals surface area (Å²) in [5, 5.41) is 16.0. The molecule has 1 aliphatic heterocycles. The fraction of sp³-hybridized carbons (Fsp3) is 0.400. The van der Waals surface area contributed by atoms with Crippen molar-refractivity contribution in [1.82, 2.24) is 5.32 Å². The Balaban J connectivity index is 1.76. The summed E-state index contributed by atoms with van der Waals surface area (Å²) in [4.78, 5) is 0. The lowest BCUT2D eigenvalue weighted by molar-refractivity contribution is 0.109. The maximum Gasteiger partial charge on any atom is 0.122 e. The van der Waals surface area contributed by atoms with E-state index in [1.807, 2.05) is 12.1 Å². The lowest BCUT2D eigenvalue weighted by atomic mass is 10.1.